The zero-order valence-corrected chi connectivity index (χ0v) is 16.6. The molecule has 29 heavy (non-hydrogen) atoms. The molecule has 9 heteroatoms. The van der Waals surface area contributed by atoms with Crippen LogP contribution in [-0.2, 0) is 33.3 Å². The first-order valence-electron chi connectivity index (χ1n) is 9.74. The molecule has 3 saturated heterocycles. The van der Waals surface area contributed by atoms with Crippen LogP contribution in [0.25, 0.3) is 0 Å². The maximum atomic E-state index is 12.9. The second-order valence-corrected chi connectivity index (χ2v) is 9.50. The largest absolute Gasteiger partial charge is 0.459 e. The van der Waals surface area contributed by atoms with Crippen LogP contribution in [0.15, 0.2) is 12.2 Å². The number of hydrogen-bond donors (Lipinski definition) is 2. The van der Waals surface area contributed by atoms with Gasteiger partial charge in [0.15, 0.2) is 17.0 Å². The highest BCUT2D eigenvalue weighted by molar-refractivity contribution is 6.00. The van der Waals surface area contributed by atoms with E-state index in [2.05, 4.69) is 6.58 Å². The van der Waals surface area contributed by atoms with Crippen molar-refractivity contribution < 1.29 is 43.5 Å². The second-order valence-electron chi connectivity index (χ2n) is 9.50. The number of Topliss-reactive ketones (excluding diaryl/α,β-unsaturated/α-hetero) is 1. The summed E-state index contributed by atoms with van der Waals surface area (Å²) in [5.74, 6) is -3.84. The first-order chi connectivity index (χ1) is 13.3. The molecule has 0 radical (unpaired) electrons. The van der Waals surface area contributed by atoms with Crippen molar-refractivity contribution in [1.29, 1.82) is 0 Å². The van der Waals surface area contributed by atoms with Gasteiger partial charge in [-0.3, -0.25) is 4.79 Å². The Kier molecular flexibility index (Phi) is 3.36. The Balaban J connectivity index is 1.59. The molecule has 9 nitrogen and oxygen atoms in total. The minimum Gasteiger partial charge on any atom is -0.459 e. The van der Waals surface area contributed by atoms with Crippen LogP contribution in [0.2, 0.25) is 0 Å². The van der Waals surface area contributed by atoms with Gasteiger partial charge >= 0.3 is 11.9 Å². The van der Waals surface area contributed by atoms with Gasteiger partial charge in [0, 0.05) is 12.0 Å². The SMILES string of the molecule is C=C1C(=O)O[C@@H]2[C@@H]1[C@@H](OC(=O)C1(C)OC1C)CC(C)(O)C1(O)C(=O)[C@@H]3O[C@]3(C)[C@H]21. The predicted molar refractivity (Wildman–Crippen MR) is 93.3 cm³/mol. The number of esters is 2. The van der Waals surface area contributed by atoms with Crippen LogP contribution in [-0.4, -0.2) is 74.8 Å². The van der Waals surface area contributed by atoms with E-state index in [1.54, 1.807) is 20.8 Å². The van der Waals surface area contributed by atoms with E-state index in [9.17, 15) is 24.6 Å². The number of aliphatic hydroxyl groups is 2. The van der Waals surface area contributed by atoms with Crippen LogP contribution in [0.5, 0.6) is 0 Å². The summed E-state index contributed by atoms with van der Waals surface area (Å²) in [5, 5.41) is 22.7. The zero-order chi connectivity index (χ0) is 21.3. The molecule has 3 aliphatic heterocycles. The van der Waals surface area contributed by atoms with Crippen LogP contribution in [0.1, 0.15) is 34.1 Å². The van der Waals surface area contributed by atoms with Crippen molar-refractivity contribution in [2.45, 2.75) is 80.9 Å². The Hall–Kier alpha value is -1.81. The van der Waals surface area contributed by atoms with Gasteiger partial charge in [-0.2, -0.15) is 0 Å². The molecule has 2 aliphatic carbocycles. The molecule has 5 fully saturated rings. The number of hydrogen-bond acceptors (Lipinski definition) is 9. The van der Waals surface area contributed by atoms with Crippen LogP contribution < -0.4 is 0 Å². The normalized spacial score (nSPS) is 57.4. The molecular formula is C20H24O9. The molecule has 0 spiro atoms. The number of carbonyl (C=O) groups excluding carboxylic acids is 3. The number of fused-ring (bicyclic) bond motifs is 5. The lowest BCUT2D eigenvalue weighted by Gasteiger charge is -2.43. The third-order valence-electron chi connectivity index (χ3n) is 7.73. The highest BCUT2D eigenvalue weighted by Gasteiger charge is 2.85. The molecule has 2 saturated carbocycles. The summed E-state index contributed by atoms with van der Waals surface area (Å²) in [6, 6.07) is 0. The number of rotatable bonds is 2. The van der Waals surface area contributed by atoms with E-state index < -0.39 is 70.3 Å². The van der Waals surface area contributed by atoms with Crippen molar-refractivity contribution >= 4 is 17.7 Å². The third kappa shape index (κ3) is 2.06. The molecule has 0 aromatic heterocycles. The summed E-state index contributed by atoms with van der Waals surface area (Å²) >= 11 is 0. The van der Waals surface area contributed by atoms with Gasteiger partial charge in [0.2, 0.25) is 0 Å². The Morgan fingerprint density at radius 1 is 1.21 bits per heavy atom. The zero-order valence-electron chi connectivity index (χ0n) is 16.6. The molecule has 158 valence electrons. The molecule has 0 aromatic carbocycles. The van der Waals surface area contributed by atoms with Gasteiger partial charge < -0.3 is 29.2 Å². The molecule has 0 amide bonds. The summed E-state index contributed by atoms with van der Waals surface area (Å²) in [7, 11) is 0. The monoisotopic (exact) mass is 408 g/mol. The smallest absolute Gasteiger partial charge is 0.341 e. The number of carbonyl (C=O) groups is 3. The molecule has 5 rings (SSSR count). The third-order valence-corrected chi connectivity index (χ3v) is 7.73. The standard InChI is InChI=1S/C20H24O9/c1-7-10-9(26-16(23)18(4)8(2)28-18)6-17(3,24)20(25)12(11(10)27-15(7)22)19(5)14(29-19)13(20)21/h8-12,14,24-25H,1,6H2,2-5H3/t8?,9-,10-,11+,12-,14-,17?,18?,19+,20?/m0/s1. The van der Waals surface area contributed by atoms with Crippen molar-refractivity contribution in [2.75, 3.05) is 0 Å². The molecule has 10 atom stereocenters. The van der Waals surface area contributed by atoms with E-state index in [1.165, 1.54) is 6.92 Å². The fraction of sp³-hybridized carbons (Fsp3) is 0.750. The number of ether oxygens (including phenoxy) is 4. The molecule has 2 N–H and O–H groups in total. The van der Waals surface area contributed by atoms with E-state index >= 15 is 0 Å². The van der Waals surface area contributed by atoms with E-state index in [4.69, 9.17) is 18.9 Å². The van der Waals surface area contributed by atoms with Crippen molar-refractivity contribution in [3.05, 3.63) is 12.2 Å². The Morgan fingerprint density at radius 3 is 2.41 bits per heavy atom. The highest BCUT2D eigenvalue weighted by atomic mass is 16.7. The highest BCUT2D eigenvalue weighted by Crippen LogP contribution is 2.64. The Bertz CT molecular complexity index is 879. The maximum absolute atomic E-state index is 12.9. The lowest BCUT2D eigenvalue weighted by atomic mass is 9.71. The number of epoxide rings is 2. The topological polar surface area (TPSA) is 135 Å². The van der Waals surface area contributed by atoms with Crippen molar-refractivity contribution in [1.82, 2.24) is 0 Å². The maximum Gasteiger partial charge on any atom is 0.341 e. The van der Waals surface area contributed by atoms with Gasteiger partial charge in [-0.05, 0) is 27.7 Å². The molecule has 0 aromatic rings. The van der Waals surface area contributed by atoms with E-state index in [-0.39, 0.29) is 18.1 Å². The van der Waals surface area contributed by atoms with E-state index in [1.807, 2.05) is 0 Å². The fourth-order valence-corrected chi connectivity index (χ4v) is 5.61. The van der Waals surface area contributed by atoms with Gasteiger partial charge in [-0.15, -0.1) is 0 Å². The molecule has 3 heterocycles. The lowest BCUT2D eigenvalue weighted by Crippen LogP contribution is -2.63. The van der Waals surface area contributed by atoms with Crippen molar-refractivity contribution in [2.24, 2.45) is 11.8 Å². The Morgan fingerprint density at radius 2 is 1.83 bits per heavy atom. The second kappa shape index (κ2) is 5.08. The van der Waals surface area contributed by atoms with Crippen LogP contribution in [0, 0.1) is 11.8 Å². The van der Waals surface area contributed by atoms with Crippen LogP contribution in [0.3, 0.4) is 0 Å². The molecule has 4 unspecified atom stereocenters. The lowest BCUT2D eigenvalue weighted by molar-refractivity contribution is -0.203. The van der Waals surface area contributed by atoms with Crippen molar-refractivity contribution in [3.8, 4) is 0 Å². The fourth-order valence-electron chi connectivity index (χ4n) is 5.61. The first kappa shape index (κ1) is 19.2. The van der Waals surface area contributed by atoms with Gasteiger partial charge in [-0.25, -0.2) is 9.59 Å². The number of ketones is 1. The first-order valence-corrected chi connectivity index (χ1v) is 9.74. The van der Waals surface area contributed by atoms with Crippen LogP contribution >= 0.6 is 0 Å². The minimum absolute atomic E-state index is 0.0721. The van der Waals surface area contributed by atoms with E-state index in [0.29, 0.717) is 0 Å². The summed E-state index contributed by atoms with van der Waals surface area (Å²) in [4.78, 5) is 38.0. The summed E-state index contributed by atoms with van der Waals surface area (Å²) in [5.41, 5.74) is -6.29. The van der Waals surface area contributed by atoms with Gasteiger partial charge in [0.1, 0.15) is 29.5 Å². The average Bonchev–Trinajstić information content (AvgIpc) is 3.42. The van der Waals surface area contributed by atoms with Gasteiger partial charge in [-0.1, -0.05) is 6.58 Å². The van der Waals surface area contributed by atoms with Gasteiger partial charge in [0.25, 0.3) is 0 Å². The van der Waals surface area contributed by atoms with Gasteiger partial charge in [0.05, 0.1) is 17.9 Å². The molecule has 5 aliphatic rings. The summed E-state index contributed by atoms with van der Waals surface area (Å²) in [6.45, 7) is 10.1. The van der Waals surface area contributed by atoms with Crippen molar-refractivity contribution in [3.63, 3.8) is 0 Å². The van der Waals surface area contributed by atoms with E-state index in [0.717, 1.165) is 0 Å². The summed E-state index contributed by atoms with van der Waals surface area (Å²) in [6.07, 6.45) is -3.56. The summed E-state index contributed by atoms with van der Waals surface area (Å²) < 4.78 is 22.1. The average molecular weight is 408 g/mol. The quantitative estimate of drug-likeness (QED) is 0.349. The minimum atomic E-state index is -2.22. The molecule has 0 bridgehead atoms. The molecular weight excluding hydrogens is 384 g/mol. The Labute approximate surface area is 166 Å². The predicted octanol–water partition coefficient (Wildman–Crippen LogP) is -0.584. The van der Waals surface area contributed by atoms with Crippen LogP contribution in [0.4, 0.5) is 0 Å².